The fourth-order valence-corrected chi connectivity index (χ4v) is 4.71. The van der Waals surface area contributed by atoms with Gasteiger partial charge in [-0.15, -0.1) is 0 Å². The summed E-state index contributed by atoms with van der Waals surface area (Å²) in [5.74, 6) is -0.322. The zero-order chi connectivity index (χ0) is 21.0. The van der Waals surface area contributed by atoms with E-state index in [1.807, 2.05) is 29.2 Å². The van der Waals surface area contributed by atoms with Crippen molar-refractivity contribution in [2.45, 2.75) is 50.2 Å². The van der Waals surface area contributed by atoms with Gasteiger partial charge in [0.2, 0.25) is 5.91 Å². The van der Waals surface area contributed by atoms with Crippen LogP contribution in [0.3, 0.4) is 0 Å². The van der Waals surface area contributed by atoms with E-state index in [-0.39, 0.29) is 37.2 Å². The average molecular weight is 464 g/mol. The summed E-state index contributed by atoms with van der Waals surface area (Å²) < 4.78 is 14.4. The van der Waals surface area contributed by atoms with Gasteiger partial charge in [0, 0.05) is 22.9 Å². The molecule has 1 heterocycles. The maximum atomic E-state index is 13.4. The van der Waals surface area contributed by atoms with Crippen molar-refractivity contribution < 1.29 is 19.4 Å². The molecule has 0 bridgehead atoms. The number of carbonyl (C=O) groups is 1. The van der Waals surface area contributed by atoms with Gasteiger partial charge in [0.1, 0.15) is 5.82 Å². The number of piperidine rings is 1. The molecule has 4 nitrogen and oxygen atoms in total. The van der Waals surface area contributed by atoms with Gasteiger partial charge in [-0.25, -0.2) is 4.39 Å². The summed E-state index contributed by atoms with van der Waals surface area (Å²) in [5, 5.41) is 19.5. The molecule has 0 aromatic heterocycles. The average Bonchev–Trinajstić information content (AvgIpc) is 2.71. The largest absolute Gasteiger partial charge is 0.394 e. The van der Waals surface area contributed by atoms with Crippen molar-refractivity contribution in [2.75, 3.05) is 13.2 Å². The fraction of sp³-hybridized carbons (Fsp3) is 0.435. The molecule has 3 rings (SSSR count). The Balaban J connectivity index is 1.87. The minimum atomic E-state index is -0.923. The van der Waals surface area contributed by atoms with E-state index < -0.39 is 11.5 Å². The number of aliphatic hydroxyl groups is 2. The Morgan fingerprint density at radius 1 is 1.17 bits per heavy atom. The van der Waals surface area contributed by atoms with Crippen molar-refractivity contribution >= 4 is 21.8 Å². The number of hydrogen-bond acceptors (Lipinski definition) is 3. The molecule has 0 saturated carbocycles. The molecule has 6 heteroatoms. The molecule has 1 amide bonds. The number of carbonyl (C=O) groups excluding carboxylic acids is 1. The standard InChI is InChI=1S/C23H27BrFNO3/c1-2-21(16-3-7-18(24)8-4-16)26-12-11-23(14-22(26)29,13-20(28)15-27)17-5-9-19(25)10-6-17/h3-10,20-21,27-28H,2,11-15H2,1H3/t20?,21-,23?/m0/s1. The van der Waals surface area contributed by atoms with Crippen LogP contribution in [0.1, 0.15) is 49.8 Å². The first-order valence-corrected chi connectivity index (χ1v) is 10.8. The zero-order valence-corrected chi connectivity index (χ0v) is 18.1. The number of rotatable bonds is 7. The predicted octanol–water partition coefficient (Wildman–Crippen LogP) is 4.34. The summed E-state index contributed by atoms with van der Waals surface area (Å²) >= 11 is 3.45. The molecule has 2 N–H and O–H groups in total. The molecule has 0 aliphatic carbocycles. The Hall–Kier alpha value is -1.76. The molecule has 2 aromatic carbocycles. The molecular weight excluding hydrogens is 437 g/mol. The molecule has 1 saturated heterocycles. The monoisotopic (exact) mass is 463 g/mol. The summed E-state index contributed by atoms with van der Waals surface area (Å²) in [4.78, 5) is 15.2. The third kappa shape index (κ3) is 4.87. The molecule has 2 unspecified atom stereocenters. The topological polar surface area (TPSA) is 60.8 Å². The number of benzene rings is 2. The van der Waals surface area contributed by atoms with E-state index in [1.54, 1.807) is 12.1 Å². The van der Waals surface area contributed by atoms with Gasteiger partial charge in [-0.1, -0.05) is 47.1 Å². The number of nitrogens with zero attached hydrogens (tertiary/aromatic N) is 1. The van der Waals surface area contributed by atoms with Crippen LogP contribution in [0.25, 0.3) is 0 Å². The highest BCUT2D eigenvalue weighted by molar-refractivity contribution is 9.10. The van der Waals surface area contributed by atoms with Gasteiger partial charge in [0.25, 0.3) is 0 Å². The van der Waals surface area contributed by atoms with Gasteiger partial charge in [0.05, 0.1) is 18.8 Å². The van der Waals surface area contributed by atoms with Crippen LogP contribution >= 0.6 is 15.9 Å². The van der Waals surface area contributed by atoms with Crippen molar-refractivity contribution in [1.29, 1.82) is 0 Å². The number of hydrogen-bond donors (Lipinski definition) is 2. The van der Waals surface area contributed by atoms with Crippen LogP contribution in [0.4, 0.5) is 4.39 Å². The van der Waals surface area contributed by atoms with Crippen molar-refractivity contribution in [3.63, 3.8) is 0 Å². The summed E-state index contributed by atoms with van der Waals surface area (Å²) in [6.45, 7) is 2.25. The second kappa shape index (κ2) is 9.37. The smallest absolute Gasteiger partial charge is 0.223 e. The van der Waals surface area contributed by atoms with Crippen molar-refractivity contribution in [2.24, 2.45) is 0 Å². The zero-order valence-electron chi connectivity index (χ0n) is 16.5. The van der Waals surface area contributed by atoms with E-state index in [1.165, 1.54) is 12.1 Å². The minimum absolute atomic E-state index is 0.00965. The van der Waals surface area contributed by atoms with Crippen molar-refractivity contribution in [1.82, 2.24) is 4.90 Å². The molecule has 1 fully saturated rings. The first kappa shape index (κ1) is 21.9. The SMILES string of the molecule is CC[C@@H](c1ccc(Br)cc1)N1CCC(CC(O)CO)(c2ccc(F)cc2)CC1=O. The second-order valence-electron chi connectivity index (χ2n) is 7.82. The van der Waals surface area contributed by atoms with Crippen molar-refractivity contribution in [3.05, 3.63) is 69.9 Å². The van der Waals surface area contributed by atoms with E-state index in [0.717, 1.165) is 22.0 Å². The van der Waals surface area contributed by atoms with Crippen molar-refractivity contribution in [3.8, 4) is 0 Å². The van der Waals surface area contributed by atoms with Gasteiger partial charge in [-0.3, -0.25) is 4.79 Å². The summed E-state index contributed by atoms with van der Waals surface area (Å²) in [6, 6.07) is 14.2. The molecule has 1 aliphatic heterocycles. The Labute approximate surface area is 179 Å². The number of amides is 1. The van der Waals surface area contributed by atoms with Crippen LogP contribution in [0.15, 0.2) is 53.0 Å². The Morgan fingerprint density at radius 2 is 1.83 bits per heavy atom. The maximum absolute atomic E-state index is 13.4. The third-order valence-corrected chi connectivity index (χ3v) is 6.48. The third-order valence-electron chi connectivity index (χ3n) is 5.95. The van der Waals surface area contributed by atoms with Crippen LogP contribution in [-0.4, -0.2) is 40.3 Å². The lowest BCUT2D eigenvalue weighted by molar-refractivity contribution is -0.139. The fourth-order valence-electron chi connectivity index (χ4n) is 4.45. The molecular formula is C23H27BrFNO3. The molecule has 2 aromatic rings. The molecule has 0 spiro atoms. The van der Waals surface area contributed by atoms with Crippen LogP contribution in [0, 0.1) is 5.82 Å². The summed E-state index contributed by atoms with van der Waals surface area (Å²) in [7, 11) is 0. The summed E-state index contributed by atoms with van der Waals surface area (Å²) in [5.41, 5.74) is 1.31. The van der Waals surface area contributed by atoms with Crippen LogP contribution in [0.2, 0.25) is 0 Å². The second-order valence-corrected chi connectivity index (χ2v) is 8.73. The lowest BCUT2D eigenvalue weighted by Gasteiger charge is -2.45. The lowest BCUT2D eigenvalue weighted by Crippen LogP contribution is -2.49. The normalized spacial score (nSPS) is 21.8. The van der Waals surface area contributed by atoms with Crippen LogP contribution in [0.5, 0.6) is 0 Å². The molecule has 3 atom stereocenters. The maximum Gasteiger partial charge on any atom is 0.223 e. The Bertz CT molecular complexity index is 827. The van der Waals surface area contributed by atoms with Gasteiger partial charge >= 0.3 is 0 Å². The predicted molar refractivity (Wildman–Crippen MR) is 114 cm³/mol. The number of aliphatic hydroxyl groups excluding tert-OH is 2. The Morgan fingerprint density at radius 3 is 2.38 bits per heavy atom. The first-order valence-electron chi connectivity index (χ1n) is 9.98. The molecule has 156 valence electrons. The van der Waals surface area contributed by atoms with Gasteiger partial charge in [0.15, 0.2) is 0 Å². The number of likely N-dealkylation sites (tertiary alicyclic amines) is 1. The quantitative estimate of drug-likeness (QED) is 0.641. The van der Waals surface area contributed by atoms with E-state index in [0.29, 0.717) is 13.0 Å². The number of halogens is 2. The highest BCUT2D eigenvalue weighted by atomic mass is 79.9. The highest BCUT2D eigenvalue weighted by Gasteiger charge is 2.43. The van der Waals surface area contributed by atoms with E-state index in [4.69, 9.17) is 0 Å². The molecule has 29 heavy (non-hydrogen) atoms. The summed E-state index contributed by atoms with van der Waals surface area (Å²) in [6.07, 6.45) is 1.02. The van der Waals surface area contributed by atoms with E-state index >= 15 is 0 Å². The lowest BCUT2D eigenvalue weighted by atomic mass is 9.68. The minimum Gasteiger partial charge on any atom is -0.394 e. The van der Waals surface area contributed by atoms with Gasteiger partial charge in [-0.2, -0.15) is 0 Å². The van der Waals surface area contributed by atoms with Gasteiger partial charge in [-0.05, 0) is 54.7 Å². The van der Waals surface area contributed by atoms with E-state index in [2.05, 4.69) is 22.9 Å². The van der Waals surface area contributed by atoms with Crippen LogP contribution in [-0.2, 0) is 10.2 Å². The first-order chi connectivity index (χ1) is 13.9. The highest BCUT2D eigenvalue weighted by Crippen LogP contribution is 2.42. The molecule has 0 radical (unpaired) electrons. The Kier molecular flexibility index (Phi) is 7.09. The van der Waals surface area contributed by atoms with Gasteiger partial charge < -0.3 is 15.1 Å². The van der Waals surface area contributed by atoms with Crippen LogP contribution < -0.4 is 0 Å². The molecule has 1 aliphatic rings. The van der Waals surface area contributed by atoms with E-state index in [9.17, 15) is 19.4 Å².